The first-order valence-corrected chi connectivity index (χ1v) is 8.03. The van der Waals surface area contributed by atoms with E-state index >= 15 is 0 Å². The SMILES string of the molecule is CCC1(C)C(=O)NC(C)(C2CC2)C(=O)N1CCCCOC. The minimum absolute atomic E-state index is 0.00857. The van der Waals surface area contributed by atoms with E-state index in [0.717, 1.165) is 25.7 Å². The van der Waals surface area contributed by atoms with Crippen molar-refractivity contribution in [3.8, 4) is 0 Å². The number of hydrogen-bond donors (Lipinski definition) is 1. The highest BCUT2D eigenvalue weighted by atomic mass is 16.5. The number of amides is 2. The highest BCUT2D eigenvalue weighted by Gasteiger charge is 2.58. The molecule has 0 aromatic rings. The molecule has 0 aromatic carbocycles. The fourth-order valence-corrected chi connectivity index (χ4v) is 3.20. The van der Waals surface area contributed by atoms with Gasteiger partial charge in [0.15, 0.2) is 0 Å². The standard InChI is InChI=1S/C16H28N2O3/c1-5-15(2)13(19)17-16(3,12-8-9-12)14(20)18(15)10-6-7-11-21-4/h12H,5-11H2,1-4H3,(H,17,19). The largest absolute Gasteiger partial charge is 0.385 e. The van der Waals surface area contributed by atoms with Gasteiger partial charge < -0.3 is 15.0 Å². The molecule has 2 unspecified atom stereocenters. The second-order valence-electron chi connectivity index (χ2n) is 6.71. The number of ether oxygens (including phenoxy) is 1. The van der Waals surface area contributed by atoms with Crippen LogP contribution in [0.3, 0.4) is 0 Å². The number of unbranched alkanes of at least 4 members (excludes halogenated alkanes) is 1. The second-order valence-corrected chi connectivity index (χ2v) is 6.71. The first-order valence-electron chi connectivity index (χ1n) is 8.03. The Morgan fingerprint density at radius 1 is 1.29 bits per heavy atom. The lowest BCUT2D eigenvalue weighted by molar-refractivity contribution is -0.163. The van der Waals surface area contributed by atoms with Crippen LogP contribution in [0.2, 0.25) is 0 Å². The van der Waals surface area contributed by atoms with Crippen LogP contribution in [0.1, 0.15) is 52.9 Å². The summed E-state index contributed by atoms with van der Waals surface area (Å²) in [5.74, 6) is 0.383. The molecule has 1 saturated heterocycles. The molecule has 2 aliphatic rings. The van der Waals surface area contributed by atoms with Crippen molar-refractivity contribution in [2.45, 2.75) is 64.0 Å². The van der Waals surface area contributed by atoms with Gasteiger partial charge in [0.1, 0.15) is 11.1 Å². The van der Waals surface area contributed by atoms with Crippen LogP contribution in [0.15, 0.2) is 0 Å². The van der Waals surface area contributed by atoms with Gasteiger partial charge in [-0.25, -0.2) is 0 Å². The zero-order chi connectivity index (χ0) is 15.7. The molecule has 0 spiro atoms. The summed E-state index contributed by atoms with van der Waals surface area (Å²) in [6, 6.07) is 0. The zero-order valence-corrected chi connectivity index (χ0v) is 13.7. The van der Waals surface area contributed by atoms with Crippen LogP contribution in [0.4, 0.5) is 0 Å². The van der Waals surface area contributed by atoms with Gasteiger partial charge in [0.05, 0.1) is 0 Å². The Morgan fingerprint density at radius 3 is 2.48 bits per heavy atom. The van der Waals surface area contributed by atoms with Gasteiger partial charge in [-0.2, -0.15) is 0 Å². The maximum atomic E-state index is 13.0. The van der Waals surface area contributed by atoms with Gasteiger partial charge in [0, 0.05) is 20.3 Å². The maximum absolute atomic E-state index is 13.0. The molecule has 0 radical (unpaired) electrons. The van der Waals surface area contributed by atoms with E-state index < -0.39 is 11.1 Å². The quantitative estimate of drug-likeness (QED) is 0.728. The van der Waals surface area contributed by atoms with Crippen molar-refractivity contribution in [1.82, 2.24) is 10.2 Å². The van der Waals surface area contributed by atoms with Gasteiger partial charge >= 0.3 is 0 Å². The molecule has 1 saturated carbocycles. The molecular formula is C16H28N2O3. The predicted molar refractivity (Wildman–Crippen MR) is 80.8 cm³/mol. The molecule has 2 amide bonds. The Labute approximate surface area is 127 Å². The van der Waals surface area contributed by atoms with E-state index in [0.29, 0.717) is 25.5 Å². The molecule has 120 valence electrons. The molecule has 1 aliphatic heterocycles. The van der Waals surface area contributed by atoms with Crippen molar-refractivity contribution in [2.75, 3.05) is 20.3 Å². The summed E-state index contributed by atoms with van der Waals surface area (Å²) in [4.78, 5) is 27.4. The molecule has 0 bridgehead atoms. The Kier molecular flexibility index (Phi) is 4.61. The lowest BCUT2D eigenvalue weighted by atomic mass is 9.82. The molecule has 5 nitrogen and oxygen atoms in total. The molecule has 1 aliphatic carbocycles. The molecule has 2 atom stereocenters. The summed E-state index contributed by atoms with van der Waals surface area (Å²) < 4.78 is 5.06. The highest BCUT2D eigenvalue weighted by molar-refractivity contribution is 6.02. The normalized spacial score (nSPS) is 33.2. The smallest absolute Gasteiger partial charge is 0.249 e. The number of carbonyl (C=O) groups is 2. The Hall–Kier alpha value is -1.10. The number of nitrogens with zero attached hydrogens (tertiary/aromatic N) is 1. The number of rotatable bonds is 7. The molecule has 1 heterocycles. The zero-order valence-electron chi connectivity index (χ0n) is 13.7. The maximum Gasteiger partial charge on any atom is 0.249 e. The van der Waals surface area contributed by atoms with E-state index in [1.807, 2.05) is 25.7 Å². The van der Waals surface area contributed by atoms with Crippen LogP contribution in [-0.2, 0) is 14.3 Å². The number of nitrogens with one attached hydrogen (secondary N) is 1. The molecule has 0 aromatic heterocycles. The predicted octanol–water partition coefficient (Wildman–Crippen LogP) is 1.71. The molecule has 1 N–H and O–H groups in total. The third-order valence-electron chi connectivity index (χ3n) is 5.21. The molecule has 2 fully saturated rings. The Balaban J connectivity index is 2.17. The number of hydrogen-bond acceptors (Lipinski definition) is 3. The number of carbonyl (C=O) groups excluding carboxylic acids is 2. The third-order valence-corrected chi connectivity index (χ3v) is 5.21. The summed E-state index contributed by atoms with van der Waals surface area (Å²) in [7, 11) is 1.68. The van der Waals surface area contributed by atoms with Crippen molar-refractivity contribution in [3.63, 3.8) is 0 Å². The van der Waals surface area contributed by atoms with Crippen LogP contribution in [0, 0.1) is 5.92 Å². The van der Waals surface area contributed by atoms with Crippen molar-refractivity contribution in [3.05, 3.63) is 0 Å². The van der Waals surface area contributed by atoms with Crippen LogP contribution >= 0.6 is 0 Å². The van der Waals surface area contributed by atoms with Crippen LogP contribution in [-0.4, -0.2) is 48.1 Å². The third kappa shape index (κ3) is 2.80. The summed E-state index contributed by atoms with van der Waals surface area (Å²) in [5.41, 5.74) is -1.43. The van der Waals surface area contributed by atoms with Gasteiger partial charge in [-0.15, -0.1) is 0 Å². The lowest BCUT2D eigenvalue weighted by Crippen LogP contribution is -2.74. The molecule has 5 heteroatoms. The molecule has 2 rings (SSSR count). The van der Waals surface area contributed by atoms with Gasteiger partial charge in [-0.05, 0) is 51.9 Å². The summed E-state index contributed by atoms with van der Waals surface area (Å²) in [6.45, 7) is 7.05. The van der Waals surface area contributed by atoms with Gasteiger partial charge in [0.2, 0.25) is 11.8 Å². The molecule has 21 heavy (non-hydrogen) atoms. The van der Waals surface area contributed by atoms with Crippen LogP contribution < -0.4 is 5.32 Å². The van der Waals surface area contributed by atoms with Crippen molar-refractivity contribution in [2.24, 2.45) is 5.92 Å². The summed E-state index contributed by atoms with van der Waals surface area (Å²) >= 11 is 0. The average molecular weight is 296 g/mol. The Bertz CT molecular complexity index is 422. The summed E-state index contributed by atoms with van der Waals surface area (Å²) in [6.07, 6.45) is 4.46. The number of piperazine rings is 1. The first kappa shape index (κ1) is 16.3. The number of methoxy groups -OCH3 is 1. The minimum atomic E-state index is -0.724. The summed E-state index contributed by atoms with van der Waals surface area (Å²) in [5, 5.41) is 3.02. The van der Waals surface area contributed by atoms with Gasteiger partial charge in [-0.3, -0.25) is 9.59 Å². The van der Waals surface area contributed by atoms with E-state index in [9.17, 15) is 9.59 Å². The first-order chi connectivity index (χ1) is 9.90. The monoisotopic (exact) mass is 296 g/mol. The highest BCUT2D eigenvalue weighted by Crippen LogP contribution is 2.44. The van der Waals surface area contributed by atoms with E-state index in [4.69, 9.17) is 4.74 Å². The average Bonchev–Trinajstić information content (AvgIpc) is 3.29. The van der Waals surface area contributed by atoms with E-state index in [1.165, 1.54) is 0 Å². The van der Waals surface area contributed by atoms with Crippen molar-refractivity contribution >= 4 is 11.8 Å². The van der Waals surface area contributed by atoms with Crippen LogP contribution in [0.5, 0.6) is 0 Å². The lowest BCUT2D eigenvalue weighted by Gasteiger charge is -2.50. The van der Waals surface area contributed by atoms with Crippen molar-refractivity contribution < 1.29 is 14.3 Å². The van der Waals surface area contributed by atoms with E-state index in [-0.39, 0.29) is 11.8 Å². The minimum Gasteiger partial charge on any atom is -0.385 e. The van der Waals surface area contributed by atoms with Gasteiger partial charge in [0.25, 0.3) is 0 Å². The second kappa shape index (κ2) is 5.95. The molecular weight excluding hydrogens is 268 g/mol. The van der Waals surface area contributed by atoms with E-state index in [1.54, 1.807) is 7.11 Å². The van der Waals surface area contributed by atoms with Crippen molar-refractivity contribution in [1.29, 1.82) is 0 Å². The fraction of sp³-hybridized carbons (Fsp3) is 0.875. The Morgan fingerprint density at radius 2 is 1.95 bits per heavy atom. The fourth-order valence-electron chi connectivity index (χ4n) is 3.20. The van der Waals surface area contributed by atoms with E-state index in [2.05, 4.69) is 5.32 Å². The topological polar surface area (TPSA) is 58.6 Å². The van der Waals surface area contributed by atoms with Gasteiger partial charge in [-0.1, -0.05) is 6.92 Å². The van der Waals surface area contributed by atoms with Crippen LogP contribution in [0.25, 0.3) is 0 Å².